The Labute approximate surface area is 141 Å². The maximum atomic E-state index is 10.3. The third-order valence-corrected chi connectivity index (χ3v) is 3.80. The standard InChI is InChI=1S/C18H21N2O.BrH/c1-2-8-18(21)20-14-19(13-15-9-4-3-5-10-15)16-11-6-7-12-17(16)20;/h3-7,9-12,14,18,21H,2,8,13H2,1H3;1H/q+1;/p-1. The number of hydrogen-bond acceptors (Lipinski definition) is 1. The highest BCUT2D eigenvalue weighted by Gasteiger charge is 2.20. The molecule has 0 amide bonds. The Balaban J connectivity index is 0.00000176. The zero-order valence-corrected chi connectivity index (χ0v) is 14.3. The van der Waals surface area contributed by atoms with Crippen LogP contribution in [0.1, 0.15) is 31.6 Å². The second-order valence-corrected chi connectivity index (χ2v) is 5.39. The van der Waals surface area contributed by atoms with Gasteiger partial charge in [0, 0.05) is 6.42 Å². The normalized spacial score (nSPS) is 12.1. The molecule has 0 spiro atoms. The molecule has 3 nitrogen and oxygen atoms in total. The molecule has 0 saturated carbocycles. The first-order chi connectivity index (χ1) is 10.3. The first-order valence-electron chi connectivity index (χ1n) is 7.50. The Kier molecular flexibility index (Phi) is 5.75. The number of nitrogens with zero attached hydrogens (tertiary/aromatic N) is 2. The fourth-order valence-corrected chi connectivity index (χ4v) is 2.74. The number of hydrogen-bond donors (Lipinski definition) is 1. The van der Waals surface area contributed by atoms with Crippen LogP contribution < -0.4 is 21.5 Å². The molecule has 1 N–H and O–H groups in total. The minimum absolute atomic E-state index is 0. The second kappa shape index (κ2) is 7.56. The maximum Gasteiger partial charge on any atom is 0.247 e. The molecule has 0 aliphatic carbocycles. The van der Waals surface area contributed by atoms with E-state index in [0.29, 0.717) is 0 Å². The lowest BCUT2D eigenvalue weighted by molar-refractivity contribution is -0.663. The smallest absolute Gasteiger partial charge is 0.247 e. The van der Waals surface area contributed by atoms with Gasteiger partial charge in [-0.25, -0.2) is 9.13 Å². The number of rotatable bonds is 5. The van der Waals surface area contributed by atoms with Crippen LogP contribution in [-0.4, -0.2) is 9.67 Å². The third kappa shape index (κ3) is 3.39. The van der Waals surface area contributed by atoms with Gasteiger partial charge in [-0.1, -0.05) is 49.4 Å². The summed E-state index contributed by atoms with van der Waals surface area (Å²) in [6, 6.07) is 18.6. The highest BCUT2D eigenvalue weighted by molar-refractivity contribution is 5.71. The van der Waals surface area contributed by atoms with Crippen LogP contribution in [0.15, 0.2) is 60.9 Å². The highest BCUT2D eigenvalue weighted by Crippen LogP contribution is 2.18. The van der Waals surface area contributed by atoms with Crippen LogP contribution in [0, 0.1) is 0 Å². The Bertz CT molecular complexity index is 724. The number of fused-ring (bicyclic) bond motifs is 1. The molecule has 1 aromatic heterocycles. The molecule has 1 heterocycles. The summed E-state index contributed by atoms with van der Waals surface area (Å²) in [4.78, 5) is 0. The van der Waals surface area contributed by atoms with E-state index in [-0.39, 0.29) is 17.0 Å². The zero-order valence-electron chi connectivity index (χ0n) is 12.7. The van der Waals surface area contributed by atoms with Crippen LogP contribution >= 0.6 is 0 Å². The Hall–Kier alpha value is -1.65. The van der Waals surface area contributed by atoms with Gasteiger partial charge in [-0.3, -0.25) is 0 Å². The molecule has 3 rings (SSSR count). The van der Waals surface area contributed by atoms with Crippen molar-refractivity contribution in [3.05, 3.63) is 66.5 Å². The molecule has 22 heavy (non-hydrogen) atoms. The fraction of sp³-hybridized carbons (Fsp3) is 0.278. The molecule has 3 aromatic rings. The van der Waals surface area contributed by atoms with Gasteiger partial charge in [0.15, 0.2) is 17.3 Å². The summed E-state index contributed by atoms with van der Waals surface area (Å²) in [7, 11) is 0. The van der Waals surface area contributed by atoms with Crippen LogP contribution in [0.2, 0.25) is 0 Å². The lowest BCUT2D eigenvalue weighted by Crippen LogP contribution is -3.00. The van der Waals surface area contributed by atoms with Gasteiger partial charge in [-0.15, -0.1) is 0 Å². The van der Waals surface area contributed by atoms with E-state index < -0.39 is 6.23 Å². The van der Waals surface area contributed by atoms with Crippen LogP contribution in [-0.2, 0) is 6.54 Å². The summed E-state index contributed by atoms with van der Waals surface area (Å²) >= 11 is 0. The molecule has 4 heteroatoms. The minimum Gasteiger partial charge on any atom is -1.00 e. The Morgan fingerprint density at radius 1 is 1.05 bits per heavy atom. The van der Waals surface area contributed by atoms with E-state index in [1.807, 2.05) is 29.1 Å². The lowest BCUT2D eigenvalue weighted by Gasteiger charge is -2.05. The van der Waals surface area contributed by atoms with Crippen molar-refractivity contribution in [3.8, 4) is 0 Å². The average molecular weight is 361 g/mol. The molecule has 0 bridgehead atoms. The molecule has 0 radical (unpaired) electrons. The first-order valence-corrected chi connectivity index (χ1v) is 7.50. The molecule has 2 aromatic carbocycles. The quantitative estimate of drug-likeness (QED) is 0.650. The minimum atomic E-state index is -0.461. The fourth-order valence-electron chi connectivity index (χ4n) is 2.74. The van der Waals surface area contributed by atoms with Crippen LogP contribution in [0.5, 0.6) is 0 Å². The van der Waals surface area contributed by atoms with E-state index in [1.54, 1.807) is 0 Å². The van der Waals surface area contributed by atoms with Crippen LogP contribution in [0.3, 0.4) is 0 Å². The molecule has 0 saturated heterocycles. The first kappa shape index (κ1) is 16.7. The summed E-state index contributed by atoms with van der Waals surface area (Å²) in [6.07, 6.45) is 3.30. The summed E-state index contributed by atoms with van der Waals surface area (Å²) < 4.78 is 4.17. The summed E-state index contributed by atoms with van der Waals surface area (Å²) in [5.41, 5.74) is 3.49. The number of halogens is 1. The van der Waals surface area contributed by atoms with E-state index in [2.05, 4.69) is 47.9 Å². The predicted octanol–water partition coefficient (Wildman–Crippen LogP) is 0.272. The molecule has 1 atom stereocenters. The number of imidazole rings is 1. The van der Waals surface area contributed by atoms with Gasteiger partial charge >= 0.3 is 0 Å². The Morgan fingerprint density at radius 3 is 2.45 bits per heavy atom. The number of benzene rings is 2. The lowest BCUT2D eigenvalue weighted by atomic mass is 10.2. The van der Waals surface area contributed by atoms with Crippen molar-refractivity contribution in [2.75, 3.05) is 0 Å². The van der Waals surface area contributed by atoms with Crippen molar-refractivity contribution in [3.63, 3.8) is 0 Å². The monoisotopic (exact) mass is 360 g/mol. The van der Waals surface area contributed by atoms with E-state index >= 15 is 0 Å². The summed E-state index contributed by atoms with van der Waals surface area (Å²) in [5.74, 6) is 0. The summed E-state index contributed by atoms with van der Waals surface area (Å²) in [5, 5.41) is 10.3. The van der Waals surface area contributed by atoms with Gasteiger partial charge in [-0.2, -0.15) is 0 Å². The van der Waals surface area contributed by atoms with Crippen molar-refractivity contribution in [2.24, 2.45) is 0 Å². The largest absolute Gasteiger partial charge is 1.00 e. The number of aliphatic hydroxyl groups excluding tert-OH is 1. The summed E-state index contributed by atoms with van der Waals surface area (Å²) in [6.45, 7) is 2.90. The van der Waals surface area contributed by atoms with E-state index in [1.165, 1.54) is 5.56 Å². The molecular weight excluding hydrogens is 340 g/mol. The van der Waals surface area contributed by atoms with Gasteiger partial charge < -0.3 is 22.1 Å². The SMILES string of the molecule is CCCC(O)n1c[n+](Cc2ccccc2)c2ccccc21.[Br-]. The van der Waals surface area contributed by atoms with E-state index in [0.717, 1.165) is 30.4 Å². The molecule has 0 fully saturated rings. The van der Waals surface area contributed by atoms with Crippen LogP contribution in [0.25, 0.3) is 11.0 Å². The maximum absolute atomic E-state index is 10.3. The van der Waals surface area contributed by atoms with Crippen molar-refractivity contribution < 1.29 is 26.7 Å². The molecule has 0 aliphatic heterocycles. The number of para-hydroxylation sites is 2. The predicted molar refractivity (Wildman–Crippen MR) is 83.8 cm³/mol. The van der Waals surface area contributed by atoms with Gasteiger partial charge in [0.2, 0.25) is 6.33 Å². The van der Waals surface area contributed by atoms with Crippen molar-refractivity contribution in [1.29, 1.82) is 0 Å². The molecule has 1 unspecified atom stereocenters. The van der Waals surface area contributed by atoms with Gasteiger partial charge in [0.1, 0.15) is 6.54 Å². The highest BCUT2D eigenvalue weighted by atomic mass is 79.9. The zero-order chi connectivity index (χ0) is 14.7. The molecular formula is C18H21BrN2O. The van der Waals surface area contributed by atoms with E-state index in [9.17, 15) is 5.11 Å². The third-order valence-electron chi connectivity index (χ3n) is 3.80. The van der Waals surface area contributed by atoms with Crippen molar-refractivity contribution in [2.45, 2.75) is 32.5 Å². The van der Waals surface area contributed by atoms with Crippen molar-refractivity contribution in [1.82, 2.24) is 4.57 Å². The molecule has 116 valence electrons. The van der Waals surface area contributed by atoms with Crippen molar-refractivity contribution >= 4 is 11.0 Å². The van der Waals surface area contributed by atoms with Crippen LogP contribution in [0.4, 0.5) is 0 Å². The second-order valence-electron chi connectivity index (χ2n) is 5.39. The number of aliphatic hydroxyl groups is 1. The molecule has 0 aliphatic rings. The van der Waals surface area contributed by atoms with Gasteiger partial charge in [0.05, 0.1) is 0 Å². The van der Waals surface area contributed by atoms with E-state index in [4.69, 9.17) is 0 Å². The van der Waals surface area contributed by atoms with Gasteiger partial charge in [0.25, 0.3) is 0 Å². The number of aromatic nitrogens is 2. The topological polar surface area (TPSA) is 29.0 Å². The Morgan fingerprint density at radius 2 is 1.73 bits per heavy atom. The average Bonchev–Trinajstić information content (AvgIpc) is 2.88. The van der Waals surface area contributed by atoms with Gasteiger partial charge in [-0.05, 0) is 24.1 Å².